The van der Waals surface area contributed by atoms with Crippen LogP contribution in [0.25, 0.3) is 0 Å². The maximum absolute atomic E-state index is 10.8. The number of carboxylic acids is 1. The SMILES string of the molecule is NC(CC1CCCc2ccccc21)C(=O)O. The van der Waals surface area contributed by atoms with Crippen LogP contribution in [0.3, 0.4) is 0 Å². The monoisotopic (exact) mass is 219 g/mol. The zero-order valence-electron chi connectivity index (χ0n) is 9.23. The molecular formula is C13H17NO2. The molecule has 3 heteroatoms. The molecule has 2 rings (SSSR count). The fraction of sp³-hybridized carbons (Fsp3) is 0.462. The molecule has 3 N–H and O–H groups in total. The van der Waals surface area contributed by atoms with E-state index in [1.165, 1.54) is 11.1 Å². The van der Waals surface area contributed by atoms with Gasteiger partial charge in [-0.3, -0.25) is 4.79 Å². The van der Waals surface area contributed by atoms with E-state index in [1.807, 2.05) is 12.1 Å². The second kappa shape index (κ2) is 4.66. The van der Waals surface area contributed by atoms with E-state index in [1.54, 1.807) is 0 Å². The molecule has 1 aliphatic carbocycles. The lowest BCUT2D eigenvalue weighted by atomic mass is 9.80. The molecule has 1 aromatic carbocycles. The Morgan fingerprint density at radius 2 is 2.25 bits per heavy atom. The summed E-state index contributed by atoms with van der Waals surface area (Å²) in [4.78, 5) is 10.8. The minimum Gasteiger partial charge on any atom is -0.480 e. The molecule has 0 saturated carbocycles. The van der Waals surface area contributed by atoms with Crippen LogP contribution in [-0.2, 0) is 11.2 Å². The molecule has 1 aromatic rings. The zero-order valence-corrected chi connectivity index (χ0v) is 9.23. The molecule has 0 fully saturated rings. The van der Waals surface area contributed by atoms with Crippen molar-refractivity contribution in [3.05, 3.63) is 35.4 Å². The van der Waals surface area contributed by atoms with Crippen LogP contribution in [-0.4, -0.2) is 17.1 Å². The standard InChI is InChI=1S/C13H17NO2/c14-12(13(15)16)8-10-6-3-5-9-4-1-2-7-11(9)10/h1-2,4,7,10,12H,3,5-6,8,14H2,(H,15,16). The van der Waals surface area contributed by atoms with Gasteiger partial charge in [0.05, 0.1) is 0 Å². The number of nitrogens with two attached hydrogens (primary N) is 1. The average Bonchev–Trinajstić information content (AvgIpc) is 2.29. The number of rotatable bonds is 3. The number of benzene rings is 1. The highest BCUT2D eigenvalue weighted by atomic mass is 16.4. The topological polar surface area (TPSA) is 63.3 Å². The van der Waals surface area contributed by atoms with Crippen LogP contribution < -0.4 is 5.73 Å². The fourth-order valence-electron chi connectivity index (χ4n) is 2.51. The molecule has 0 aliphatic heterocycles. The second-order valence-corrected chi connectivity index (χ2v) is 4.47. The zero-order chi connectivity index (χ0) is 11.5. The first kappa shape index (κ1) is 11.1. The quantitative estimate of drug-likeness (QED) is 0.816. The Labute approximate surface area is 95.3 Å². The highest BCUT2D eigenvalue weighted by molar-refractivity contribution is 5.73. The number of fused-ring (bicyclic) bond motifs is 1. The maximum atomic E-state index is 10.8. The predicted molar refractivity (Wildman–Crippen MR) is 62.3 cm³/mol. The van der Waals surface area contributed by atoms with Crippen molar-refractivity contribution >= 4 is 5.97 Å². The molecule has 0 bridgehead atoms. The average molecular weight is 219 g/mol. The largest absolute Gasteiger partial charge is 0.480 e. The van der Waals surface area contributed by atoms with Crippen molar-refractivity contribution < 1.29 is 9.90 Å². The number of hydrogen-bond acceptors (Lipinski definition) is 2. The van der Waals surface area contributed by atoms with Crippen molar-refractivity contribution in [3.8, 4) is 0 Å². The Kier molecular flexibility index (Phi) is 3.25. The van der Waals surface area contributed by atoms with Gasteiger partial charge in [-0.15, -0.1) is 0 Å². The van der Waals surface area contributed by atoms with E-state index in [2.05, 4.69) is 12.1 Å². The Hall–Kier alpha value is -1.35. The smallest absolute Gasteiger partial charge is 0.320 e. The van der Waals surface area contributed by atoms with Crippen LogP contribution in [0.1, 0.15) is 36.3 Å². The Morgan fingerprint density at radius 1 is 1.50 bits per heavy atom. The van der Waals surface area contributed by atoms with Crippen LogP contribution in [0.2, 0.25) is 0 Å². The second-order valence-electron chi connectivity index (χ2n) is 4.47. The molecule has 0 amide bonds. The molecule has 0 aromatic heterocycles. The molecule has 2 unspecified atom stereocenters. The summed E-state index contributed by atoms with van der Waals surface area (Å²) >= 11 is 0. The van der Waals surface area contributed by atoms with Gasteiger partial charge in [0.25, 0.3) is 0 Å². The Bertz CT molecular complexity index is 389. The third kappa shape index (κ3) is 2.25. The minimum atomic E-state index is -0.900. The number of hydrogen-bond donors (Lipinski definition) is 2. The van der Waals surface area contributed by atoms with E-state index in [4.69, 9.17) is 10.8 Å². The van der Waals surface area contributed by atoms with Crippen LogP contribution in [0, 0.1) is 0 Å². The molecule has 0 radical (unpaired) electrons. The van der Waals surface area contributed by atoms with Crippen LogP contribution in [0.4, 0.5) is 0 Å². The summed E-state index contributed by atoms with van der Waals surface area (Å²) in [7, 11) is 0. The summed E-state index contributed by atoms with van der Waals surface area (Å²) in [6, 6.07) is 7.56. The summed E-state index contributed by atoms with van der Waals surface area (Å²) in [6.45, 7) is 0. The van der Waals surface area contributed by atoms with Crippen molar-refractivity contribution in [1.29, 1.82) is 0 Å². The molecule has 0 heterocycles. The summed E-state index contributed by atoms with van der Waals surface area (Å²) in [6.07, 6.45) is 3.84. The van der Waals surface area contributed by atoms with Crippen molar-refractivity contribution in [1.82, 2.24) is 0 Å². The van der Waals surface area contributed by atoms with Gasteiger partial charge in [0.2, 0.25) is 0 Å². The molecule has 86 valence electrons. The molecular weight excluding hydrogens is 202 g/mol. The van der Waals surface area contributed by atoms with Crippen LogP contribution in [0.15, 0.2) is 24.3 Å². The third-order valence-corrected chi connectivity index (χ3v) is 3.35. The van der Waals surface area contributed by atoms with Gasteiger partial charge in [-0.2, -0.15) is 0 Å². The number of aliphatic carboxylic acids is 1. The summed E-state index contributed by atoms with van der Waals surface area (Å²) in [5.41, 5.74) is 8.26. The molecule has 16 heavy (non-hydrogen) atoms. The first-order chi connectivity index (χ1) is 7.68. The van der Waals surface area contributed by atoms with Gasteiger partial charge >= 0.3 is 5.97 Å². The summed E-state index contributed by atoms with van der Waals surface area (Å²) in [5.74, 6) is -0.584. The Morgan fingerprint density at radius 3 is 3.00 bits per heavy atom. The van der Waals surface area contributed by atoms with E-state index in [-0.39, 0.29) is 0 Å². The molecule has 3 nitrogen and oxygen atoms in total. The van der Waals surface area contributed by atoms with E-state index in [0.29, 0.717) is 12.3 Å². The van der Waals surface area contributed by atoms with E-state index in [9.17, 15) is 4.79 Å². The van der Waals surface area contributed by atoms with Crippen molar-refractivity contribution in [3.63, 3.8) is 0 Å². The molecule has 0 spiro atoms. The van der Waals surface area contributed by atoms with Crippen LogP contribution >= 0.6 is 0 Å². The van der Waals surface area contributed by atoms with E-state index < -0.39 is 12.0 Å². The number of carbonyl (C=O) groups is 1. The van der Waals surface area contributed by atoms with Gasteiger partial charge in [0.15, 0.2) is 0 Å². The van der Waals surface area contributed by atoms with Gasteiger partial charge in [-0.25, -0.2) is 0 Å². The molecule has 1 aliphatic rings. The van der Waals surface area contributed by atoms with E-state index >= 15 is 0 Å². The predicted octanol–water partition coefficient (Wildman–Crippen LogP) is 1.91. The number of aryl methyl sites for hydroxylation is 1. The lowest BCUT2D eigenvalue weighted by Crippen LogP contribution is -2.32. The van der Waals surface area contributed by atoms with Crippen molar-refractivity contribution in [2.45, 2.75) is 37.6 Å². The third-order valence-electron chi connectivity index (χ3n) is 3.35. The normalized spacial score (nSPS) is 21.2. The van der Waals surface area contributed by atoms with Gasteiger partial charge in [0.1, 0.15) is 6.04 Å². The highest BCUT2D eigenvalue weighted by Gasteiger charge is 2.24. The van der Waals surface area contributed by atoms with Crippen molar-refractivity contribution in [2.24, 2.45) is 5.73 Å². The van der Waals surface area contributed by atoms with Gasteiger partial charge in [-0.1, -0.05) is 24.3 Å². The first-order valence-corrected chi connectivity index (χ1v) is 5.74. The van der Waals surface area contributed by atoms with Gasteiger partial charge in [-0.05, 0) is 42.7 Å². The molecule has 2 atom stereocenters. The maximum Gasteiger partial charge on any atom is 0.320 e. The lowest BCUT2D eigenvalue weighted by molar-refractivity contribution is -0.138. The van der Waals surface area contributed by atoms with E-state index in [0.717, 1.165) is 19.3 Å². The highest BCUT2D eigenvalue weighted by Crippen LogP contribution is 2.34. The van der Waals surface area contributed by atoms with Gasteiger partial charge in [0, 0.05) is 0 Å². The molecule has 0 saturated heterocycles. The lowest BCUT2D eigenvalue weighted by Gasteiger charge is -2.26. The fourth-order valence-corrected chi connectivity index (χ4v) is 2.51. The van der Waals surface area contributed by atoms with Crippen LogP contribution in [0.5, 0.6) is 0 Å². The van der Waals surface area contributed by atoms with Gasteiger partial charge < -0.3 is 10.8 Å². The minimum absolute atomic E-state index is 0.316. The van der Waals surface area contributed by atoms with Crippen molar-refractivity contribution in [2.75, 3.05) is 0 Å². The first-order valence-electron chi connectivity index (χ1n) is 5.74. The summed E-state index contributed by atoms with van der Waals surface area (Å²) < 4.78 is 0. The number of carboxylic acid groups (broad SMARTS) is 1. The Balaban J connectivity index is 2.16. The summed E-state index contributed by atoms with van der Waals surface area (Å²) in [5, 5.41) is 8.84.